The Kier molecular flexibility index (Phi) is 10.8. The number of aromatic amines is 1. The van der Waals surface area contributed by atoms with Crippen molar-refractivity contribution in [2.45, 2.75) is 62.7 Å². The van der Waals surface area contributed by atoms with Gasteiger partial charge in [-0.15, -0.1) is 0 Å². The lowest BCUT2D eigenvalue weighted by Crippen LogP contribution is -2.57. The Bertz CT molecular complexity index is 994. The number of nitrogens with zero attached hydrogens (tertiary/aromatic N) is 3. The van der Waals surface area contributed by atoms with Crippen molar-refractivity contribution >= 4 is 35.6 Å². The highest BCUT2D eigenvalue weighted by molar-refractivity contribution is 5.95. The normalized spacial score (nSPS) is 17.3. The van der Waals surface area contributed by atoms with E-state index in [0.717, 1.165) is 0 Å². The first-order chi connectivity index (χ1) is 17.5. The Morgan fingerprint density at radius 3 is 2.51 bits per heavy atom. The number of likely N-dealkylation sites (tertiary alicyclic amines) is 1. The second-order valence-electron chi connectivity index (χ2n) is 8.66. The van der Waals surface area contributed by atoms with Gasteiger partial charge in [0.2, 0.25) is 23.6 Å². The lowest BCUT2D eigenvalue weighted by Gasteiger charge is -2.30. The summed E-state index contributed by atoms with van der Waals surface area (Å²) in [6, 6.07) is -4.53. The van der Waals surface area contributed by atoms with E-state index in [-0.39, 0.29) is 31.9 Å². The molecule has 2 heterocycles. The zero-order chi connectivity index (χ0) is 27.5. The minimum Gasteiger partial charge on any atom is -0.480 e. The first-order valence-corrected chi connectivity index (χ1v) is 11.7. The molecule has 1 aliphatic heterocycles. The first-order valence-electron chi connectivity index (χ1n) is 11.7. The molecule has 0 radical (unpaired) electrons. The third kappa shape index (κ3) is 9.06. The fraction of sp³-hybridized carbons (Fsp3) is 0.571. The zero-order valence-electron chi connectivity index (χ0n) is 20.3. The van der Waals surface area contributed by atoms with Gasteiger partial charge >= 0.3 is 5.97 Å². The van der Waals surface area contributed by atoms with Gasteiger partial charge in [-0.25, -0.2) is 9.78 Å². The zero-order valence-corrected chi connectivity index (χ0v) is 20.3. The topological polar surface area (TPSA) is 278 Å². The Morgan fingerprint density at radius 2 is 1.92 bits per heavy atom. The van der Waals surface area contributed by atoms with Crippen LogP contribution in [-0.4, -0.2) is 92.8 Å². The van der Waals surface area contributed by atoms with Gasteiger partial charge in [0.05, 0.1) is 18.8 Å². The number of aliphatic carboxylic acids is 1. The highest BCUT2D eigenvalue weighted by atomic mass is 16.4. The molecule has 1 saturated heterocycles. The van der Waals surface area contributed by atoms with Crippen LogP contribution in [0.1, 0.15) is 37.8 Å². The molecule has 16 heteroatoms. The van der Waals surface area contributed by atoms with Crippen molar-refractivity contribution in [3.05, 3.63) is 18.2 Å². The number of nitrogens with one attached hydrogen (secondary N) is 3. The molecule has 1 fully saturated rings. The molecule has 0 bridgehead atoms. The number of primary amides is 1. The molecule has 1 aromatic rings. The summed E-state index contributed by atoms with van der Waals surface area (Å²) in [5, 5.41) is 14.6. The fourth-order valence-corrected chi connectivity index (χ4v) is 3.94. The maximum absolute atomic E-state index is 13.4. The van der Waals surface area contributed by atoms with Gasteiger partial charge in [-0.2, -0.15) is 0 Å². The number of aliphatic imine (C=N–C) groups is 1. The second-order valence-corrected chi connectivity index (χ2v) is 8.66. The van der Waals surface area contributed by atoms with Crippen LogP contribution in [0.5, 0.6) is 0 Å². The van der Waals surface area contributed by atoms with Crippen molar-refractivity contribution < 1.29 is 29.1 Å². The molecule has 4 unspecified atom stereocenters. The van der Waals surface area contributed by atoms with Crippen LogP contribution in [0.4, 0.5) is 0 Å². The number of hydrogen-bond donors (Lipinski definition) is 8. The largest absolute Gasteiger partial charge is 0.480 e. The number of carbonyl (C=O) groups is 5. The molecule has 0 spiro atoms. The molecule has 4 atom stereocenters. The average molecular weight is 523 g/mol. The van der Waals surface area contributed by atoms with E-state index in [0.29, 0.717) is 25.0 Å². The number of aromatic nitrogens is 2. The summed E-state index contributed by atoms with van der Waals surface area (Å²) < 4.78 is 0. The number of guanidine groups is 1. The number of imidazole rings is 1. The second kappa shape index (κ2) is 13.8. The maximum atomic E-state index is 13.4. The van der Waals surface area contributed by atoms with E-state index in [1.54, 1.807) is 0 Å². The molecule has 16 nitrogen and oxygen atoms in total. The van der Waals surface area contributed by atoms with Crippen molar-refractivity contribution in [3.63, 3.8) is 0 Å². The lowest BCUT2D eigenvalue weighted by atomic mass is 10.1. The van der Waals surface area contributed by atoms with Crippen molar-refractivity contribution in [1.29, 1.82) is 0 Å². The molecule has 1 aliphatic rings. The van der Waals surface area contributed by atoms with Gasteiger partial charge in [-0.05, 0) is 25.7 Å². The van der Waals surface area contributed by atoms with E-state index in [4.69, 9.17) is 22.9 Å². The number of carboxylic acids is 1. The fourth-order valence-electron chi connectivity index (χ4n) is 3.94. The molecule has 37 heavy (non-hydrogen) atoms. The van der Waals surface area contributed by atoms with Crippen LogP contribution in [0.25, 0.3) is 0 Å². The molecule has 1 aromatic heterocycles. The summed E-state index contributed by atoms with van der Waals surface area (Å²) in [4.78, 5) is 73.5. The molecule has 12 N–H and O–H groups in total. The number of nitrogens with two attached hydrogens (primary N) is 4. The van der Waals surface area contributed by atoms with Crippen LogP contribution in [0.15, 0.2) is 17.5 Å². The minimum atomic E-state index is -1.26. The van der Waals surface area contributed by atoms with Crippen molar-refractivity contribution in [2.24, 2.45) is 27.9 Å². The Labute approximate surface area is 212 Å². The van der Waals surface area contributed by atoms with E-state index < -0.39 is 60.2 Å². The number of carbonyl (C=O) groups excluding carboxylic acids is 4. The van der Waals surface area contributed by atoms with Crippen LogP contribution in [0.3, 0.4) is 0 Å². The Hall–Kier alpha value is -4.21. The Balaban J connectivity index is 2.13. The van der Waals surface area contributed by atoms with Gasteiger partial charge < -0.3 is 48.6 Å². The molecule has 4 amide bonds. The molecular formula is C21H34N10O6. The number of carboxylic acid groups (broad SMARTS) is 1. The summed E-state index contributed by atoms with van der Waals surface area (Å²) in [5.74, 6) is -4.10. The minimum absolute atomic E-state index is 0.0248. The smallest absolute Gasteiger partial charge is 0.326 e. The molecule has 0 saturated carbocycles. The van der Waals surface area contributed by atoms with Crippen LogP contribution < -0.4 is 33.6 Å². The number of amides is 4. The van der Waals surface area contributed by atoms with Crippen LogP contribution in [0, 0.1) is 0 Å². The van der Waals surface area contributed by atoms with Gasteiger partial charge in [-0.1, -0.05) is 0 Å². The third-order valence-electron chi connectivity index (χ3n) is 5.75. The number of H-pyrrole nitrogens is 1. The van der Waals surface area contributed by atoms with E-state index in [1.165, 1.54) is 17.4 Å². The van der Waals surface area contributed by atoms with Gasteiger partial charge in [0, 0.05) is 31.4 Å². The van der Waals surface area contributed by atoms with Gasteiger partial charge in [0.25, 0.3) is 0 Å². The number of hydrogen-bond acceptors (Lipinski definition) is 8. The average Bonchev–Trinajstić information content (AvgIpc) is 3.51. The van der Waals surface area contributed by atoms with Crippen molar-refractivity contribution in [1.82, 2.24) is 25.5 Å². The summed E-state index contributed by atoms with van der Waals surface area (Å²) in [5.41, 5.74) is 22.0. The standard InChI is InChI=1S/C21H34N10O6/c22-12(8-16(23)32)17(33)29-13(3-1-5-27-21(24)25)19(35)31-6-2-4-15(31)18(34)30-14(20(36)37)7-11-9-26-10-28-11/h9-10,12-15H,1-8,22H2,(H2,23,32)(H,26,28)(H,29,33)(H,30,34)(H,36,37)(H4,24,25,27). The number of rotatable bonds is 14. The predicted octanol–water partition coefficient (Wildman–Crippen LogP) is -3.75. The quantitative estimate of drug-likeness (QED) is 0.0671. The predicted molar refractivity (Wildman–Crippen MR) is 130 cm³/mol. The molecular weight excluding hydrogens is 488 g/mol. The van der Waals surface area contributed by atoms with Crippen molar-refractivity contribution in [2.75, 3.05) is 13.1 Å². The highest BCUT2D eigenvalue weighted by Crippen LogP contribution is 2.20. The van der Waals surface area contributed by atoms with E-state index in [2.05, 4.69) is 25.6 Å². The van der Waals surface area contributed by atoms with Gasteiger partial charge in [0.1, 0.15) is 18.1 Å². The monoisotopic (exact) mass is 522 g/mol. The molecule has 204 valence electrons. The van der Waals surface area contributed by atoms with Crippen molar-refractivity contribution in [3.8, 4) is 0 Å². The lowest BCUT2D eigenvalue weighted by molar-refractivity contribution is -0.145. The van der Waals surface area contributed by atoms with E-state index in [9.17, 15) is 29.1 Å². The van der Waals surface area contributed by atoms with Gasteiger partial charge in [-0.3, -0.25) is 24.2 Å². The maximum Gasteiger partial charge on any atom is 0.326 e. The summed E-state index contributed by atoms with van der Waals surface area (Å²) >= 11 is 0. The Morgan fingerprint density at radius 1 is 1.19 bits per heavy atom. The summed E-state index contributed by atoms with van der Waals surface area (Å²) in [6.45, 7) is 0.413. The van der Waals surface area contributed by atoms with E-state index in [1.807, 2.05) is 0 Å². The van der Waals surface area contributed by atoms with E-state index >= 15 is 0 Å². The highest BCUT2D eigenvalue weighted by Gasteiger charge is 2.39. The third-order valence-corrected chi connectivity index (χ3v) is 5.75. The van der Waals surface area contributed by atoms with Gasteiger partial charge in [0.15, 0.2) is 5.96 Å². The molecule has 0 aromatic carbocycles. The first kappa shape index (κ1) is 29.0. The van der Waals surface area contributed by atoms with Crippen LogP contribution in [0.2, 0.25) is 0 Å². The molecule has 2 rings (SSSR count). The van der Waals surface area contributed by atoms with Crippen LogP contribution >= 0.6 is 0 Å². The molecule has 0 aliphatic carbocycles. The summed E-state index contributed by atoms with van der Waals surface area (Å²) in [7, 11) is 0. The SMILES string of the molecule is NC(=O)CC(N)C(=O)NC(CCCN=C(N)N)C(=O)N1CCCC1C(=O)NC(Cc1cnc[nH]1)C(=O)O. The summed E-state index contributed by atoms with van der Waals surface area (Å²) in [6.07, 6.45) is 3.65. The van der Waals surface area contributed by atoms with Crippen LogP contribution in [-0.2, 0) is 30.4 Å².